The Bertz CT molecular complexity index is 1030. The molecule has 144 valence electrons. The summed E-state index contributed by atoms with van der Waals surface area (Å²) in [5, 5.41) is 21.0. The van der Waals surface area contributed by atoms with Crippen molar-refractivity contribution >= 4 is 57.8 Å². The molecule has 1 saturated heterocycles. The number of nitrogens with zero attached hydrogens (tertiary/aromatic N) is 1. The van der Waals surface area contributed by atoms with Crippen LogP contribution in [-0.2, 0) is 9.59 Å². The van der Waals surface area contributed by atoms with E-state index in [1.54, 1.807) is 25.1 Å². The lowest BCUT2D eigenvalue weighted by Gasteiger charge is -2.15. The molecule has 2 amide bonds. The van der Waals surface area contributed by atoms with Crippen LogP contribution in [0.15, 0.2) is 39.7 Å². The van der Waals surface area contributed by atoms with Crippen LogP contribution in [-0.4, -0.2) is 43.8 Å². The Hall–Kier alpha value is -3.11. The maximum atomic E-state index is 12.5. The number of rotatable bonds is 5. The number of nitrogens with one attached hydrogen (secondary N) is 1. The van der Waals surface area contributed by atoms with Gasteiger partial charge in [-0.3, -0.25) is 14.5 Å². The van der Waals surface area contributed by atoms with Gasteiger partial charge in [0.05, 0.1) is 16.2 Å². The minimum absolute atomic E-state index is 0.00217. The third kappa shape index (κ3) is 4.24. The molecule has 3 rings (SSSR count). The van der Waals surface area contributed by atoms with Gasteiger partial charge in [-0.2, -0.15) is 0 Å². The normalized spacial score (nSPS) is 15.3. The molecule has 1 aromatic carbocycles. The van der Waals surface area contributed by atoms with Gasteiger partial charge in [0, 0.05) is 6.08 Å². The number of aromatic hydroxyl groups is 1. The molecule has 0 spiro atoms. The van der Waals surface area contributed by atoms with Crippen molar-refractivity contribution in [2.24, 2.45) is 0 Å². The second kappa shape index (κ2) is 7.87. The van der Waals surface area contributed by atoms with E-state index in [0.29, 0.717) is 16.4 Å². The van der Waals surface area contributed by atoms with Crippen LogP contribution in [0.25, 0.3) is 6.08 Å². The Morgan fingerprint density at radius 2 is 2.07 bits per heavy atom. The highest BCUT2D eigenvalue weighted by Crippen LogP contribution is 2.32. The number of phenolic OH excluding ortho intramolecular Hbond substituents is 1. The van der Waals surface area contributed by atoms with Crippen LogP contribution in [0.1, 0.15) is 21.9 Å². The second-order valence-electron chi connectivity index (χ2n) is 5.80. The lowest BCUT2D eigenvalue weighted by molar-refractivity contribution is -0.126. The van der Waals surface area contributed by atoms with Crippen molar-refractivity contribution in [3.8, 4) is 5.75 Å². The number of thioether (sulfide) groups is 1. The molecule has 0 radical (unpaired) electrons. The number of aryl methyl sites for hydroxylation is 1. The highest BCUT2D eigenvalue weighted by Gasteiger charge is 2.33. The number of aromatic carboxylic acids is 1. The Kier molecular flexibility index (Phi) is 5.52. The Balaban J connectivity index is 1.72. The van der Waals surface area contributed by atoms with Gasteiger partial charge in [-0.05, 0) is 37.3 Å². The monoisotopic (exact) mass is 418 g/mol. The molecule has 1 aliphatic heterocycles. The predicted molar refractivity (Wildman–Crippen MR) is 107 cm³/mol. The summed E-state index contributed by atoms with van der Waals surface area (Å²) < 4.78 is 5.62. The molecular weight excluding hydrogens is 404 g/mol. The van der Waals surface area contributed by atoms with Crippen molar-refractivity contribution in [1.82, 2.24) is 4.90 Å². The van der Waals surface area contributed by atoms with E-state index in [0.717, 1.165) is 22.7 Å². The number of phenols is 1. The standard InChI is InChI=1S/C18H14N2O6S2/c1-9-2-4-11(26-9)7-14-16(23)20(18(27)28-14)8-15(22)19-13-5-3-10(21)6-12(13)17(24)25/h2-7,21H,8H2,1H3,(H,19,22)(H,24,25)/b14-7-. The second-order valence-corrected chi connectivity index (χ2v) is 7.48. The summed E-state index contributed by atoms with van der Waals surface area (Å²) in [5.74, 6) is -1.43. The summed E-state index contributed by atoms with van der Waals surface area (Å²) in [5.41, 5.74) is -0.269. The molecule has 3 N–H and O–H groups in total. The quantitative estimate of drug-likeness (QED) is 0.385. The van der Waals surface area contributed by atoms with Gasteiger partial charge in [-0.15, -0.1) is 0 Å². The fourth-order valence-electron chi connectivity index (χ4n) is 2.45. The molecule has 1 aromatic heterocycles. The van der Waals surface area contributed by atoms with Gasteiger partial charge in [0.25, 0.3) is 5.91 Å². The van der Waals surface area contributed by atoms with Crippen molar-refractivity contribution < 1.29 is 29.0 Å². The van der Waals surface area contributed by atoms with Gasteiger partial charge in [0.2, 0.25) is 5.91 Å². The number of anilines is 1. The SMILES string of the molecule is Cc1ccc(/C=C2\SC(=S)N(CC(=O)Nc3ccc(O)cc3C(=O)O)C2=O)o1. The number of amides is 2. The fourth-order valence-corrected chi connectivity index (χ4v) is 3.68. The lowest BCUT2D eigenvalue weighted by Crippen LogP contribution is -2.36. The number of furan rings is 1. The zero-order chi connectivity index (χ0) is 20.4. The number of hydrogen-bond acceptors (Lipinski definition) is 7. The summed E-state index contributed by atoms with van der Waals surface area (Å²) in [6.45, 7) is 1.40. The molecule has 0 atom stereocenters. The number of carboxylic acids is 1. The van der Waals surface area contributed by atoms with E-state index in [-0.39, 0.29) is 27.9 Å². The minimum atomic E-state index is -1.31. The number of hydrogen-bond donors (Lipinski definition) is 3. The van der Waals surface area contributed by atoms with Crippen LogP contribution in [0, 0.1) is 6.92 Å². The fraction of sp³-hybridized carbons (Fsp3) is 0.111. The molecule has 10 heteroatoms. The third-order valence-electron chi connectivity index (χ3n) is 3.72. The van der Waals surface area contributed by atoms with Crippen LogP contribution in [0.3, 0.4) is 0 Å². The van der Waals surface area contributed by atoms with Gasteiger partial charge in [0.15, 0.2) is 0 Å². The van der Waals surface area contributed by atoms with Gasteiger partial charge in [0.1, 0.15) is 28.1 Å². The number of carbonyl (C=O) groups excluding carboxylic acids is 2. The van der Waals surface area contributed by atoms with E-state index in [2.05, 4.69) is 5.32 Å². The minimum Gasteiger partial charge on any atom is -0.508 e. The predicted octanol–water partition coefficient (Wildman–Crippen LogP) is 2.83. The van der Waals surface area contributed by atoms with Gasteiger partial charge >= 0.3 is 5.97 Å². The summed E-state index contributed by atoms with van der Waals surface area (Å²) >= 11 is 6.22. The first-order valence-corrected chi connectivity index (χ1v) is 9.15. The molecule has 8 nitrogen and oxygen atoms in total. The Morgan fingerprint density at radius 1 is 1.32 bits per heavy atom. The number of carbonyl (C=O) groups is 3. The van der Waals surface area contributed by atoms with Crippen molar-refractivity contribution in [3.63, 3.8) is 0 Å². The average Bonchev–Trinajstić information content (AvgIpc) is 3.14. The van der Waals surface area contributed by atoms with Crippen molar-refractivity contribution in [3.05, 3.63) is 52.3 Å². The highest BCUT2D eigenvalue weighted by molar-refractivity contribution is 8.26. The molecular formula is C18H14N2O6S2. The molecule has 0 bridgehead atoms. The lowest BCUT2D eigenvalue weighted by atomic mass is 10.1. The largest absolute Gasteiger partial charge is 0.508 e. The summed E-state index contributed by atoms with van der Waals surface area (Å²) in [6, 6.07) is 7.01. The van der Waals surface area contributed by atoms with Crippen LogP contribution < -0.4 is 5.32 Å². The molecule has 1 fully saturated rings. The van der Waals surface area contributed by atoms with Gasteiger partial charge in [-0.25, -0.2) is 4.79 Å². The van der Waals surface area contributed by atoms with E-state index in [9.17, 15) is 24.6 Å². The molecule has 0 saturated carbocycles. The Morgan fingerprint density at radius 3 is 2.71 bits per heavy atom. The topological polar surface area (TPSA) is 120 Å². The molecule has 2 aromatic rings. The van der Waals surface area contributed by atoms with Crippen LogP contribution in [0.4, 0.5) is 5.69 Å². The van der Waals surface area contributed by atoms with Crippen molar-refractivity contribution in [1.29, 1.82) is 0 Å². The average molecular weight is 418 g/mol. The summed E-state index contributed by atoms with van der Waals surface area (Å²) in [4.78, 5) is 37.6. The van der Waals surface area contributed by atoms with Crippen LogP contribution >= 0.6 is 24.0 Å². The summed E-state index contributed by atoms with van der Waals surface area (Å²) in [6.07, 6.45) is 1.55. The maximum Gasteiger partial charge on any atom is 0.337 e. The van der Waals surface area contributed by atoms with Crippen LogP contribution in [0.2, 0.25) is 0 Å². The number of carboxylic acid groups (broad SMARTS) is 1. The first-order chi connectivity index (χ1) is 13.2. The summed E-state index contributed by atoms with van der Waals surface area (Å²) in [7, 11) is 0. The zero-order valence-electron chi connectivity index (χ0n) is 14.5. The highest BCUT2D eigenvalue weighted by atomic mass is 32.2. The molecule has 0 unspecified atom stereocenters. The number of thiocarbonyl (C=S) groups is 1. The van der Waals surface area contributed by atoms with E-state index in [1.165, 1.54) is 12.1 Å². The first kappa shape index (κ1) is 19.6. The van der Waals surface area contributed by atoms with Crippen molar-refractivity contribution in [2.45, 2.75) is 6.92 Å². The molecule has 28 heavy (non-hydrogen) atoms. The van der Waals surface area contributed by atoms with E-state index in [1.807, 2.05) is 0 Å². The van der Waals surface area contributed by atoms with E-state index in [4.69, 9.17) is 16.6 Å². The van der Waals surface area contributed by atoms with Gasteiger partial charge < -0.3 is 19.9 Å². The van der Waals surface area contributed by atoms with Gasteiger partial charge in [-0.1, -0.05) is 24.0 Å². The smallest absolute Gasteiger partial charge is 0.337 e. The number of benzene rings is 1. The van der Waals surface area contributed by atoms with E-state index >= 15 is 0 Å². The van der Waals surface area contributed by atoms with Crippen LogP contribution in [0.5, 0.6) is 5.75 Å². The molecule has 2 heterocycles. The maximum absolute atomic E-state index is 12.5. The first-order valence-electron chi connectivity index (χ1n) is 7.92. The van der Waals surface area contributed by atoms with E-state index < -0.39 is 17.8 Å². The molecule has 1 aliphatic rings. The van der Waals surface area contributed by atoms with Crippen molar-refractivity contribution in [2.75, 3.05) is 11.9 Å². The zero-order valence-corrected chi connectivity index (χ0v) is 16.1. The molecule has 0 aliphatic carbocycles. The Labute approximate surface area is 168 Å². The third-order valence-corrected chi connectivity index (χ3v) is 5.10.